The van der Waals surface area contributed by atoms with Crippen LogP contribution in [-0.2, 0) is 0 Å². The van der Waals surface area contributed by atoms with Crippen LogP contribution in [0.2, 0.25) is 0 Å². The summed E-state index contributed by atoms with van der Waals surface area (Å²) in [7, 11) is 1.90. The molecule has 21 heavy (non-hydrogen) atoms. The average molecular weight is 464 g/mol. The van der Waals surface area contributed by atoms with Crippen LogP contribution in [0.25, 0.3) is 0 Å². The van der Waals surface area contributed by atoms with E-state index in [-0.39, 0.29) is 11.9 Å². The quantitative estimate of drug-likeness (QED) is 0.636. The van der Waals surface area contributed by atoms with Crippen LogP contribution >= 0.6 is 38.5 Å². The summed E-state index contributed by atoms with van der Waals surface area (Å²) in [4.78, 5) is 0. The van der Waals surface area contributed by atoms with Crippen LogP contribution in [0.5, 0.6) is 5.75 Å². The smallest absolute Gasteiger partial charge is 0.124 e. The van der Waals surface area contributed by atoms with Gasteiger partial charge in [-0.2, -0.15) is 0 Å². The van der Waals surface area contributed by atoms with Gasteiger partial charge in [0.05, 0.1) is 12.6 Å². The van der Waals surface area contributed by atoms with Gasteiger partial charge in [0.1, 0.15) is 11.6 Å². The van der Waals surface area contributed by atoms with Gasteiger partial charge in [0.25, 0.3) is 0 Å². The molecular formula is C16H16BrFINO. The van der Waals surface area contributed by atoms with E-state index in [9.17, 15) is 4.39 Å². The van der Waals surface area contributed by atoms with Crippen molar-refractivity contribution in [3.63, 3.8) is 0 Å². The lowest BCUT2D eigenvalue weighted by Crippen LogP contribution is -2.19. The standard InChI is InChI=1S/C16H16BrFINO/c1-3-21-11-5-7-12(14(17)9-11)16(20-2)13-6-4-10(18)8-15(13)19/h4-9,16,20H,3H2,1-2H3. The summed E-state index contributed by atoms with van der Waals surface area (Å²) in [6.45, 7) is 2.59. The maximum absolute atomic E-state index is 13.3. The van der Waals surface area contributed by atoms with Gasteiger partial charge in [-0.25, -0.2) is 4.39 Å². The predicted molar refractivity (Wildman–Crippen MR) is 95.3 cm³/mol. The normalized spacial score (nSPS) is 12.2. The molecule has 1 unspecified atom stereocenters. The van der Waals surface area contributed by atoms with Crippen LogP contribution in [0.15, 0.2) is 40.9 Å². The molecule has 0 saturated heterocycles. The number of hydrogen-bond donors (Lipinski definition) is 1. The van der Waals surface area contributed by atoms with Crippen molar-refractivity contribution in [3.05, 3.63) is 61.4 Å². The summed E-state index contributed by atoms with van der Waals surface area (Å²) in [5.41, 5.74) is 2.13. The van der Waals surface area contributed by atoms with E-state index in [1.54, 1.807) is 6.07 Å². The Morgan fingerprint density at radius 2 is 1.95 bits per heavy atom. The fourth-order valence-electron chi connectivity index (χ4n) is 2.21. The Hall–Kier alpha value is -0.660. The lowest BCUT2D eigenvalue weighted by Gasteiger charge is -2.20. The molecule has 0 bridgehead atoms. The van der Waals surface area contributed by atoms with Gasteiger partial charge in [0, 0.05) is 8.04 Å². The van der Waals surface area contributed by atoms with Crippen LogP contribution in [0.1, 0.15) is 24.1 Å². The summed E-state index contributed by atoms with van der Waals surface area (Å²) in [5, 5.41) is 3.29. The first-order valence-electron chi connectivity index (χ1n) is 6.61. The maximum Gasteiger partial charge on any atom is 0.124 e. The van der Waals surface area contributed by atoms with E-state index in [0.29, 0.717) is 6.61 Å². The Morgan fingerprint density at radius 3 is 2.52 bits per heavy atom. The van der Waals surface area contributed by atoms with E-state index in [1.165, 1.54) is 6.07 Å². The van der Waals surface area contributed by atoms with Crippen LogP contribution in [-0.4, -0.2) is 13.7 Å². The van der Waals surface area contributed by atoms with Gasteiger partial charge in [-0.05, 0) is 72.0 Å². The van der Waals surface area contributed by atoms with Crippen molar-refractivity contribution < 1.29 is 9.13 Å². The highest BCUT2D eigenvalue weighted by atomic mass is 127. The lowest BCUT2D eigenvalue weighted by molar-refractivity contribution is 0.340. The molecule has 0 saturated carbocycles. The third-order valence-electron chi connectivity index (χ3n) is 3.16. The van der Waals surface area contributed by atoms with Gasteiger partial charge in [-0.15, -0.1) is 0 Å². The predicted octanol–water partition coefficient (Wildman–Crippen LogP) is 4.90. The minimum absolute atomic E-state index is 0.0115. The molecule has 0 heterocycles. The molecule has 2 rings (SSSR count). The number of nitrogens with one attached hydrogen (secondary N) is 1. The van der Waals surface area contributed by atoms with Gasteiger partial charge in [0.15, 0.2) is 0 Å². The molecule has 112 valence electrons. The molecule has 0 aromatic heterocycles. The first-order valence-corrected chi connectivity index (χ1v) is 8.48. The molecule has 0 aliphatic heterocycles. The zero-order chi connectivity index (χ0) is 15.4. The largest absolute Gasteiger partial charge is 0.494 e. The van der Waals surface area contributed by atoms with Crippen molar-refractivity contribution in [3.8, 4) is 5.75 Å². The van der Waals surface area contributed by atoms with Crippen LogP contribution < -0.4 is 10.1 Å². The second-order valence-corrected chi connectivity index (χ2v) is 6.52. The third kappa shape index (κ3) is 3.96. The van der Waals surface area contributed by atoms with Crippen LogP contribution in [0.4, 0.5) is 4.39 Å². The minimum Gasteiger partial charge on any atom is -0.494 e. The first-order chi connectivity index (χ1) is 10.1. The molecule has 0 radical (unpaired) electrons. The van der Waals surface area contributed by atoms with Crippen molar-refractivity contribution in [1.29, 1.82) is 0 Å². The van der Waals surface area contributed by atoms with E-state index < -0.39 is 0 Å². The molecule has 2 nitrogen and oxygen atoms in total. The van der Waals surface area contributed by atoms with E-state index in [4.69, 9.17) is 4.74 Å². The SMILES string of the molecule is CCOc1ccc(C(NC)c2ccc(F)cc2I)c(Br)c1. The van der Waals surface area contributed by atoms with Crippen molar-refractivity contribution >= 4 is 38.5 Å². The number of hydrogen-bond acceptors (Lipinski definition) is 2. The maximum atomic E-state index is 13.3. The van der Waals surface area contributed by atoms with Crippen LogP contribution in [0, 0.1) is 9.39 Å². The Morgan fingerprint density at radius 1 is 1.24 bits per heavy atom. The van der Waals surface area contributed by atoms with Crippen molar-refractivity contribution in [2.24, 2.45) is 0 Å². The molecule has 2 aromatic carbocycles. The van der Waals surface area contributed by atoms with E-state index in [2.05, 4.69) is 43.8 Å². The monoisotopic (exact) mass is 463 g/mol. The number of benzene rings is 2. The van der Waals surface area contributed by atoms with Crippen molar-refractivity contribution in [1.82, 2.24) is 5.32 Å². The highest BCUT2D eigenvalue weighted by molar-refractivity contribution is 14.1. The fourth-order valence-corrected chi connectivity index (χ4v) is 3.59. The average Bonchev–Trinajstić information content (AvgIpc) is 2.44. The summed E-state index contributed by atoms with van der Waals surface area (Å²) in [6, 6.07) is 10.8. The fraction of sp³-hybridized carbons (Fsp3) is 0.250. The number of rotatable bonds is 5. The molecule has 0 amide bonds. The van der Waals surface area contributed by atoms with E-state index in [1.807, 2.05) is 38.2 Å². The lowest BCUT2D eigenvalue weighted by atomic mass is 9.99. The van der Waals surface area contributed by atoms with Gasteiger partial charge >= 0.3 is 0 Å². The second kappa shape index (κ2) is 7.56. The second-order valence-electron chi connectivity index (χ2n) is 4.50. The van der Waals surface area contributed by atoms with E-state index >= 15 is 0 Å². The summed E-state index contributed by atoms with van der Waals surface area (Å²) in [5.74, 6) is 0.612. The molecule has 0 spiro atoms. The summed E-state index contributed by atoms with van der Waals surface area (Å²) in [6.07, 6.45) is 0. The molecular weight excluding hydrogens is 448 g/mol. The van der Waals surface area contributed by atoms with Gasteiger partial charge < -0.3 is 10.1 Å². The molecule has 0 aliphatic carbocycles. The summed E-state index contributed by atoms with van der Waals surface area (Å²) >= 11 is 5.76. The van der Waals surface area contributed by atoms with Gasteiger partial charge in [-0.1, -0.05) is 28.1 Å². The van der Waals surface area contributed by atoms with Gasteiger partial charge in [-0.3, -0.25) is 0 Å². The highest BCUT2D eigenvalue weighted by Gasteiger charge is 2.18. The van der Waals surface area contributed by atoms with E-state index in [0.717, 1.165) is 24.9 Å². The molecule has 1 atom stereocenters. The van der Waals surface area contributed by atoms with Crippen LogP contribution in [0.3, 0.4) is 0 Å². The summed E-state index contributed by atoms with van der Waals surface area (Å²) < 4.78 is 20.6. The minimum atomic E-state index is -0.219. The number of ether oxygens (including phenoxy) is 1. The first kappa shape index (κ1) is 16.7. The Balaban J connectivity index is 2.41. The molecule has 2 aromatic rings. The highest BCUT2D eigenvalue weighted by Crippen LogP contribution is 2.33. The zero-order valence-corrected chi connectivity index (χ0v) is 15.5. The topological polar surface area (TPSA) is 21.3 Å². The van der Waals surface area contributed by atoms with Gasteiger partial charge in [0.2, 0.25) is 0 Å². The Kier molecular flexibility index (Phi) is 6.01. The third-order valence-corrected chi connectivity index (χ3v) is 4.78. The van der Waals surface area contributed by atoms with Crippen molar-refractivity contribution in [2.75, 3.05) is 13.7 Å². The Labute approximate surface area is 146 Å². The molecule has 1 N–H and O–H groups in total. The Bertz CT molecular complexity index is 636. The zero-order valence-electron chi connectivity index (χ0n) is 11.8. The molecule has 5 heteroatoms. The number of halogens is 3. The molecule has 0 fully saturated rings. The van der Waals surface area contributed by atoms with Crippen molar-refractivity contribution in [2.45, 2.75) is 13.0 Å². The molecule has 0 aliphatic rings.